The molecule has 3 aliphatic carbocycles. The van der Waals surface area contributed by atoms with Crippen molar-refractivity contribution >= 4 is 5.97 Å². The molecule has 23 heavy (non-hydrogen) atoms. The van der Waals surface area contributed by atoms with Gasteiger partial charge in [0.1, 0.15) is 11.9 Å². The third-order valence-corrected chi connectivity index (χ3v) is 6.77. The molecule has 1 aromatic rings. The first kappa shape index (κ1) is 15.0. The average molecular weight is 314 g/mol. The summed E-state index contributed by atoms with van der Waals surface area (Å²) in [6.45, 7) is 3.93. The Hall–Kier alpha value is -1.51. The molecular formula is C20H26O3. The Morgan fingerprint density at radius 2 is 2.17 bits per heavy atom. The molecule has 0 spiro atoms. The summed E-state index contributed by atoms with van der Waals surface area (Å²) in [5, 5.41) is 9.75. The van der Waals surface area contributed by atoms with E-state index < -0.39 is 0 Å². The fourth-order valence-corrected chi connectivity index (χ4v) is 5.89. The maximum Gasteiger partial charge on any atom is 0.302 e. The van der Waals surface area contributed by atoms with Crippen LogP contribution in [-0.2, 0) is 16.0 Å². The van der Waals surface area contributed by atoms with Crippen LogP contribution in [0.4, 0.5) is 0 Å². The van der Waals surface area contributed by atoms with Gasteiger partial charge in [-0.25, -0.2) is 0 Å². The van der Waals surface area contributed by atoms with Gasteiger partial charge in [-0.2, -0.15) is 0 Å². The van der Waals surface area contributed by atoms with E-state index >= 15 is 0 Å². The van der Waals surface area contributed by atoms with Gasteiger partial charge < -0.3 is 9.84 Å². The predicted molar refractivity (Wildman–Crippen MR) is 88.3 cm³/mol. The number of aryl methyl sites for hydroxylation is 1. The third kappa shape index (κ3) is 2.45. The van der Waals surface area contributed by atoms with Crippen LogP contribution >= 0.6 is 0 Å². The first-order valence-electron chi connectivity index (χ1n) is 8.95. The molecule has 124 valence electrons. The molecular weight excluding hydrogens is 288 g/mol. The van der Waals surface area contributed by atoms with Crippen molar-refractivity contribution in [2.45, 2.75) is 64.4 Å². The van der Waals surface area contributed by atoms with Gasteiger partial charge in [-0.15, -0.1) is 0 Å². The van der Waals surface area contributed by atoms with Crippen LogP contribution in [0.5, 0.6) is 5.75 Å². The van der Waals surface area contributed by atoms with Crippen LogP contribution in [0, 0.1) is 17.3 Å². The lowest BCUT2D eigenvalue weighted by Crippen LogP contribution is -2.39. The highest BCUT2D eigenvalue weighted by Crippen LogP contribution is 2.61. The van der Waals surface area contributed by atoms with Gasteiger partial charge in [0.2, 0.25) is 0 Å². The number of hydrogen-bond donors (Lipinski definition) is 1. The molecule has 0 unspecified atom stereocenters. The highest BCUT2D eigenvalue weighted by Gasteiger charge is 2.53. The smallest absolute Gasteiger partial charge is 0.302 e. The minimum Gasteiger partial charge on any atom is -0.508 e. The fourth-order valence-electron chi connectivity index (χ4n) is 5.89. The van der Waals surface area contributed by atoms with Gasteiger partial charge in [0, 0.05) is 6.92 Å². The summed E-state index contributed by atoms with van der Waals surface area (Å²) in [6.07, 6.45) is 6.89. The van der Waals surface area contributed by atoms with Gasteiger partial charge in [0.25, 0.3) is 0 Å². The van der Waals surface area contributed by atoms with Crippen molar-refractivity contribution in [1.82, 2.24) is 0 Å². The second kappa shape index (κ2) is 5.25. The summed E-state index contributed by atoms with van der Waals surface area (Å²) in [5.41, 5.74) is 3.12. The van der Waals surface area contributed by atoms with E-state index in [1.807, 2.05) is 12.1 Å². The summed E-state index contributed by atoms with van der Waals surface area (Å²) >= 11 is 0. The molecule has 0 bridgehead atoms. The van der Waals surface area contributed by atoms with Gasteiger partial charge in [0.15, 0.2) is 0 Å². The first-order valence-corrected chi connectivity index (χ1v) is 8.95. The summed E-state index contributed by atoms with van der Waals surface area (Å²) in [5.74, 6) is 2.23. The Morgan fingerprint density at radius 3 is 2.96 bits per heavy atom. The molecule has 2 saturated carbocycles. The van der Waals surface area contributed by atoms with Gasteiger partial charge in [0.05, 0.1) is 0 Å². The Balaban J connectivity index is 1.61. The van der Waals surface area contributed by atoms with E-state index in [4.69, 9.17) is 4.74 Å². The molecule has 4 rings (SSSR count). The number of carbonyl (C=O) groups excluding carboxylic acids is 1. The lowest BCUT2D eigenvalue weighted by atomic mass is 9.56. The topological polar surface area (TPSA) is 46.5 Å². The van der Waals surface area contributed by atoms with Crippen LogP contribution in [0.1, 0.15) is 63.0 Å². The number of aromatic hydroxyl groups is 1. The number of phenolic OH excluding ortho intramolecular Hbond substituents is 1. The molecule has 1 aromatic carbocycles. The molecule has 5 atom stereocenters. The lowest BCUT2D eigenvalue weighted by molar-refractivity contribution is -0.146. The lowest BCUT2D eigenvalue weighted by Gasteiger charge is -2.49. The normalized spacial score (nSPS) is 38.3. The summed E-state index contributed by atoms with van der Waals surface area (Å²) in [4.78, 5) is 11.3. The molecule has 0 amide bonds. The highest BCUT2D eigenvalue weighted by atomic mass is 16.5. The van der Waals surface area contributed by atoms with Crippen molar-refractivity contribution < 1.29 is 14.6 Å². The largest absolute Gasteiger partial charge is 0.508 e. The minimum absolute atomic E-state index is 0.113. The number of rotatable bonds is 1. The van der Waals surface area contributed by atoms with Crippen LogP contribution in [-0.4, -0.2) is 17.2 Å². The van der Waals surface area contributed by atoms with Gasteiger partial charge in [-0.3, -0.25) is 4.79 Å². The molecule has 0 aliphatic heterocycles. The molecule has 3 nitrogen and oxygen atoms in total. The van der Waals surface area contributed by atoms with Crippen molar-refractivity contribution in [3.05, 3.63) is 29.3 Å². The number of phenols is 1. The minimum atomic E-state index is -0.140. The molecule has 0 saturated heterocycles. The molecule has 3 aliphatic rings. The van der Waals surface area contributed by atoms with E-state index in [-0.39, 0.29) is 12.1 Å². The van der Waals surface area contributed by atoms with E-state index in [9.17, 15) is 9.90 Å². The van der Waals surface area contributed by atoms with Crippen molar-refractivity contribution in [1.29, 1.82) is 0 Å². The number of benzene rings is 1. The van der Waals surface area contributed by atoms with Crippen LogP contribution in [0.3, 0.4) is 0 Å². The third-order valence-electron chi connectivity index (χ3n) is 6.77. The highest BCUT2D eigenvalue weighted by molar-refractivity contribution is 5.66. The Kier molecular flexibility index (Phi) is 3.44. The van der Waals surface area contributed by atoms with Crippen molar-refractivity contribution in [3.8, 4) is 5.75 Å². The quantitative estimate of drug-likeness (QED) is 0.791. The summed E-state index contributed by atoms with van der Waals surface area (Å²) < 4.78 is 5.56. The molecule has 0 aromatic heterocycles. The maximum absolute atomic E-state index is 11.3. The van der Waals surface area contributed by atoms with Gasteiger partial charge in [-0.1, -0.05) is 13.0 Å². The molecule has 3 heteroatoms. The second-order valence-electron chi connectivity index (χ2n) is 8.16. The van der Waals surface area contributed by atoms with E-state index in [2.05, 4.69) is 13.0 Å². The predicted octanol–water partition coefficient (Wildman–Crippen LogP) is 4.18. The van der Waals surface area contributed by atoms with Gasteiger partial charge in [-0.05, 0) is 85.0 Å². The van der Waals surface area contributed by atoms with E-state index in [1.165, 1.54) is 37.3 Å². The monoisotopic (exact) mass is 314 g/mol. The van der Waals surface area contributed by atoms with Crippen molar-refractivity contribution in [2.24, 2.45) is 17.3 Å². The maximum atomic E-state index is 11.3. The number of carbonyl (C=O) groups is 1. The van der Waals surface area contributed by atoms with Crippen molar-refractivity contribution in [2.75, 3.05) is 0 Å². The zero-order valence-electron chi connectivity index (χ0n) is 14.0. The van der Waals surface area contributed by atoms with Crippen LogP contribution in [0.2, 0.25) is 0 Å². The van der Waals surface area contributed by atoms with E-state index in [0.717, 1.165) is 19.3 Å². The Morgan fingerprint density at radius 1 is 1.35 bits per heavy atom. The number of esters is 1. The summed E-state index contributed by atoms with van der Waals surface area (Å²) in [6, 6.07) is 5.93. The zero-order valence-corrected chi connectivity index (χ0v) is 14.0. The zero-order chi connectivity index (χ0) is 16.2. The molecule has 0 radical (unpaired) electrons. The van der Waals surface area contributed by atoms with Crippen molar-refractivity contribution in [3.63, 3.8) is 0 Å². The fraction of sp³-hybridized carbons (Fsp3) is 0.650. The van der Waals surface area contributed by atoms with Crippen LogP contribution < -0.4 is 0 Å². The Labute approximate surface area is 138 Å². The molecule has 1 N–H and O–H groups in total. The first-order chi connectivity index (χ1) is 11.0. The second-order valence-corrected chi connectivity index (χ2v) is 8.16. The van der Waals surface area contributed by atoms with E-state index in [1.54, 1.807) is 0 Å². The molecule has 0 heterocycles. The standard InChI is InChI=1S/C20H26O3/c1-12(21)23-15-10-19-18-5-3-13-9-14(22)4-6-16(13)17(18)7-8-20(19,2)11-15/h4,6,9,15,17-19,22H,3,5,7-8,10-11H2,1-2H3/t15-,17-,18+,19+,20+/m0/s1. The SMILES string of the molecule is CC(=O)O[C@H]1C[C@@H]2[C@@H]3CCc4cc(O)ccc4[C@@H]3CC[C@]2(C)C1. The Bertz CT molecular complexity index is 638. The molecule has 2 fully saturated rings. The van der Waals surface area contributed by atoms with Gasteiger partial charge >= 0.3 is 5.97 Å². The number of fused-ring (bicyclic) bond motifs is 5. The summed E-state index contributed by atoms with van der Waals surface area (Å²) in [7, 11) is 0. The number of ether oxygens (including phenoxy) is 1. The average Bonchev–Trinajstić information content (AvgIpc) is 2.81. The van der Waals surface area contributed by atoms with Crippen LogP contribution in [0.15, 0.2) is 18.2 Å². The van der Waals surface area contributed by atoms with Crippen LogP contribution in [0.25, 0.3) is 0 Å². The number of hydrogen-bond acceptors (Lipinski definition) is 3. The van der Waals surface area contributed by atoms with E-state index in [0.29, 0.717) is 28.9 Å².